The van der Waals surface area contributed by atoms with Crippen molar-refractivity contribution in [2.45, 2.75) is 32.2 Å². The second-order valence-corrected chi connectivity index (χ2v) is 6.70. The quantitative estimate of drug-likeness (QED) is 0.823. The van der Waals surface area contributed by atoms with E-state index in [0.29, 0.717) is 6.54 Å². The molecule has 1 aromatic heterocycles. The molecule has 0 saturated carbocycles. The number of rotatable bonds is 7. The number of aryl methyl sites for hydroxylation is 1. The minimum Gasteiger partial charge on any atom is -0.481 e. The molecule has 0 aliphatic carbocycles. The van der Waals surface area contributed by atoms with Gasteiger partial charge in [0.05, 0.1) is 5.92 Å². The summed E-state index contributed by atoms with van der Waals surface area (Å²) in [7, 11) is 0. The highest BCUT2D eigenvalue weighted by atomic mass is 32.1. The highest BCUT2D eigenvalue weighted by Gasteiger charge is 2.20. The maximum absolute atomic E-state index is 11.4. The van der Waals surface area contributed by atoms with Crippen LogP contribution in [0.5, 0.6) is 0 Å². The molecule has 1 aromatic carbocycles. The Morgan fingerprint density at radius 2 is 1.95 bits per heavy atom. The topological polar surface area (TPSA) is 49.3 Å². The summed E-state index contributed by atoms with van der Waals surface area (Å²) in [6.07, 6.45) is 0.930. The van der Waals surface area contributed by atoms with E-state index in [0.717, 1.165) is 12.0 Å². The van der Waals surface area contributed by atoms with E-state index in [1.807, 2.05) is 30.3 Å². The largest absolute Gasteiger partial charge is 0.481 e. The van der Waals surface area contributed by atoms with Gasteiger partial charge in [-0.25, -0.2) is 0 Å². The van der Waals surface area contributed by atoms with Crippen LogP contribution >= 0.6 is 11.3 Å². The fourth-order valence-electron chi connectivity index (χ4n) is 2.32. The van der Waals surface area contributed by atoms with Crippen molar-refractivity contribution in [2.75, 3.05) is 6.54 Å². The Balaban J connectivity index is 1.91. The standard InChI is InChI=1S/C17H21NO2S/c1-12(10-15-9-8-13(2)21-15)18-11-16(17(19)20)14-6-4-3-5-7-14/h3-9,12,16,18H,10-11H2,1-2H3,(H,19,20). The van der Waals surface area contributed by atoms with Crippen molar-refractivity contribution in [1.82, 2.24) is 5.32 Å². The number of nitrogens with one attached hydrogen (secondary N) is 1. The van der Waals surface area contributed by atoms with E-state index in [-0.39, 0.29) is 6.04 Å². The summed E-state index contributed by atoms with van der Waals surface area (Å²) in [5, 5.41) is 12.7. The third-order valence-corrected chi connectivity index (χ3v) is 4.50. The van der Waals surface area contributed by atoms with Crippen LogP contribution < -0.4 is 5.32 Å². The Morgan fingerprint density at radius 1 is 1.24 bits per heavy atom. The Morgan fingerprint density at radius 3 is 2.52 bits per heavy atom. The normalized spacial score (nSPS) is 13.8. The van der Waals surface area contributed by atoms with Crippen molar-refractivity contribution in [3.8, 4) is 0 Å². The van der Waals surface area contributed by atoms with E-state index < -0.39 is 11.9 Å². The van der Waals surface area contributed by atoms with Gasteiger partial charge in [0.1, 0.15) is 0 Å². The van der Waals surface area contributed by atoms with Crippen molar-refractivity contribution in [1.29, 1.82) is 0 Å². The summed E-state index contributed by atoms with van der Waals surface area (Å²) in [4.78, 5) is 14.1. The molecule has 2 N–H and O–H groups in total. The minimum atomic E-state index is -0.784. The zero-order chi connectivity index (χ0) is 15.2. The van der Waals surface area contributed by atoms with E-state index in [4.69, 9.17) is 0 Å². The van der Waals surface area contributed by atoms with Crippen molar-refractivity contribution in [2.24, 2.45) is 0 Å². The molecular weight excluding hydrogens is 282 g/mol. The predicted octanol–water partition coefficient (Wildman–Crippen LogP) is 3.45. The molecule has 0 fully saturated rings. The van der Waals surface area contributed by atoms with E-state index in [1.54, 1.807) is 11.3 Å². The number of hydrogen-bond acceptors (Lipinski definition) is 3. The van der Waals surface area contributed by atoms with Gasteiger partial charge in [0.25, 0.3) is 0 Å². The predicted molar refractivity (Wildman–Crippen MR) is 87.0 cm³/mol. The van der Waals surface area contributed by atoms with Gasteiger partial charge < -0.3 is 10.4 Å². The second kappa shape index (κ2) is 7.38. The summed E-state index contributed by atoms with van der Waals surface area (Å²) in [6, 6.07) is 13.9. The SMILES string of the molecule is Cc1ccc(CC(C)NCC(C(=O)O)c2ccccc2)s1. The Labute approximate surface area is 129 Å². The van der Waals surface area contributed by atoms with E-state index in [2.05, 4.69) is 31.3 Å². The van der Waals surface area contributed by atoms with E-state index in [1.165, 1.54) is 9.75 Å². The summed E-state index contributed by atoms with van der Waals surface area (Å²) < 4.78 is 0. The van der Waals surface area contributed by atoms with Gasteiger partial charge in [-0.1, -0.05) is 30.3 Å². The minimum absolute atomic E-state index is 0.258. The second-order valence-electron chi connectivity index (χ2n) is 5.33. The van der Waals surface area contributed by atoms with Crippen LogP contribution in [0.2, 0.25) is 0 Å². The zero-order valence-corrected chi connectivity index (χ0v) is 13.2. The zero-order valence-electron chi connectivity index (χ0n) is 12.4. The van der Waals surface area contributed by atoms with Gasteiger partial charge in [-0.2, -0.15) is 0 Å². The number of benzene rings is 1. The number of carbonyl (C=O) groups is 1. The molecule has 112 valence electrons. The molecule has 0 aliphatic heterocycles. The lowest BCUT2D eigenvalue weighted by Gasteiger charge is -2.18. The first kappa shape index (κ1) is 15.7. The van der Waals surface area contributed by atoms with Crippen LogP contribution in [-0.2, 0) is 11.2 Å². The lowest BCUT2D eigenvalue weighted by atomic mass is 9.99. The molecule has 0 spiro atoms. The van der Waals surface area contributed by atoms with Gasteiger partial charge in [-0.3, -0.25) is 4.79 Å². The summed E-state index contributed by atoms with van der Waals surface area (Å²) in [5.74, 6) is -1.29. The van der Waals surface area contributed by atoms with Gasteiger partial charge in [0, 0.05) is 22.3 Å². The van der Waals surface area contributed by atoms with E-state index in [9.17, 15) is 9.90 Å². The van der Waals surface area contributed by atoms with Crippen LogP contribution in [0.1, 0.15) is 28.2 Å². The monoisotopic (exact) mass is 303 g/mol. The van der Waals surface area contributed by atoms with Crippen molar-refractivity contribution in [3.05, 3.63) is 57.8 Å². The van der Waals surface area contributed by atoms with Gasteiger partial charge in [0.15, 0.2) is 0 Å². The lowest BCUT2D eigenvalue weighted by Crippen LogP contribution is -2.34. The van der Waals surface area contributed by atoms with Crippen molar-refractivity contribution in [3.63, 3.8) is 0 Å². The van der Waals surface area contributed by atoms with Crippen molar-refractivity contribution >= 4 is 17.3 Å². The van der Waals surface area contributed by atoms with Crippen LogP contribution in [0.3, 0.4) is 0 Å². The van der Waals surface area contributed by atoms with Crippen LogP contribution in [0.25, 0.3) is 0 Å². The molecule has 4 heteroatoms. The first-order valence-electron chi connectivity index (χ1n) is 7.12. The molecule has 2 unspecified atom stereocenters. The van der Waals surface area contributed by atoms with Crippen LogP contribution in [0.4, 0.5) is 0 Å². The number of thiophene rings is 1. The molecule has 2 aromatic rings. The van der Waals surface area contributed by atoms with Gasteiger partial charge >= 0.3 is 5.97 Å². The number of hydrogen-bond donors (Lipinski definition) is 2. The van der Waals surface area contributed by atoms with Gasteiger partial charge in [0.2, 0.25) is 0 Å². The third-order valence-electron chi connectivity index (χ3n) is 3.47. The summed E-state index contributed by atoms with van der Waals surface area (Å²) in [6.45, 7) is 4.64. The fourth-order valence-corrected chi connectivity index (χ4v) is 3.34. The first-order valence-corrected chi connectivity index (χ1v) is 7.94. The average molecular weight is 303 g/mol. The highest BCUT2D eigenvalue weighted by molar-refractivity contribution is 7.11. The maximum atomic E-state index is 11.4. The Kier molecular flexibility index (Phi) is 5.53. The molecule has 2 rings (SSSR count). The molecule has 0 saturated heterocycles. The molecular formula is C17H21NO2S. The Bertz CT molecular complexity index is 579. The number of carboxylic acids is 1. The van der Waals surface area contributed by atoms with Gasteiger partial charge in [-0.15, -0.1) is 11.3 Å². The molecule has 3 nitrogen and oxygen atoms in total. The number of carboxylic acid groups (broad SMARTS) is 1. The van der Waals surface area contributed by atoms with Gasteiger partial charge in [-0.05, 0) is 38.0 Å². The molecule has 1 heterocycles. The fraction of sp³-hybridized carbons (Fsp3) is 0.353. The lowest BCUT2D eigenvalue weighted by molar-refractivity contribution is -0.138. The molecule has 0 radical (unpaired) electrons. The van der Waals surface area contributed by atoms with Crippen LogP contribution in [0.15, 0.2) is 42.5 Å². The van der Waals surface area contributed by atoms with Crippen molar-refractivity contribution < 1.29 is 9.90 Å². The molecule has 2 atom stereocenters. The average Bonchev–Trinajstić information content (AvgIpc) is 2.85. The molecule has 0 aliphatic rings. The Hall–Kier alpha value is -1.65. The maximum Gasteiger partial charge on any atom is 0.312 e. The first-order chi connectivity index (χ1) is 10.1. The smallest absolute Gasteiger partial charge is 0.312 e. The molecule has 0 bridgehead atoms. The number of aliphatic carboxylic acids is 1. The molecule has 21 heavy (non-hydrogen) atoms. The third kappa shape index (κ3) is 4.69. The molecule has 0 amide bonds. The summed E-state index contributed by atoms with van der Waals surface area (Å²) in [5.41, 5.74) is 0.844. The highest BCUT2D eigenvalue weighted by Crippen LogP contribution is 2.18. The summed E-state index contributed by atoms with van der Waals surface area (Å²) >= 11 is 1.80. The van der Waals surface area contributed by atoms with Crippen LogP contribution in [-0.4, -0.2) is 23.7 Å². The van der Waals surface area contributed by atoms with Crippen LogP contribution in [0, 0.1) is 6.92 Å². The van der Waals surface area contributed by atoms with E-state index >= 15 is 0 Å².